The van der Waals surface area contributed by atoms with E-state index in [4.69, 9.17) is 31.5 Å². The highest BCUT2D eigenvalue weighted by molar-refractivity contribution is 6.32. The molecule has 0 saturated heterocycles. The maximum absolute atomic E-state index is 6.30. The number of benzene rings is 2. The molecule has 0 saturated carbocycles. The highest BCUT2D eigenvalue weighted by Gasteiger charge is 2.20. The first-order chi connectivity index (χ1) is 12.3. The molecule has 0 fully saturated rings. The van der Waals surface area contributed by atoms with Crippen LogP contribution in [0.15, 0.2) is 30.3 Å². The molecule has 0 aromatic heterocycles. The van der Waals surface area contributed by atoms with Crippen molar-refractivity contribution < 1.29 is 14.2 Å². The number of para-hydroxylation sites is 1. The highest BCUT2D eigenvalue weighted by Crippen LogP contribution is 2.37. The highest BCUT2D eigenvalue weighted by atomic mass is 35.5. The Morgan fingerprint density at radius 2 is 1.69 bits per heavy atom. The molecule has 2 aromatic carbocycles. The Labute approximate surface area is 161 Å². The summed E-state index contributed by atoms with van der Waals surface area (Å²) < 4.78 is 17.2. The minimum absolute atomic E-state index is 0.00674. The summed E-state index contributed by atoms with van der Waals surface area (Å²) in [6.45, 7) is 9.74. The molecule has 0 atom stereocenters. The van der Waals surface area contributed by atoms with Gasteiger partial charge >= 0.3 is 0 Å². The molecule has 0 bridgehead atoms. The van der Waals surface area contributed by atoms with Crippen LogP contribution in [0.25, 0.3) is 0 Å². The van der Waals surface area contributed by atoms with Gasteiger partial charge in [0.1, 0.15) is 19.0 Å². The molecule has 2 rings (SSSR count). The molecule has 5 heteroatoms. The molecule has 0 aliphatic heterocycles. The van der Waals surface area contributed by atoms with Gasteiger partial charge in [-0.2, -0.15) is 0 Å². The smallest absolute Gasteiger partial charge is 0.179 e. The van der Waals surface area contributed by atoms with E-state index in [1.807, 2.05) is 6.07 Å². The third-order valence-electron chi connectivity index (χ3n) is 4.12. The number of ether oxygens (including phenoxy) is 3. The van der Waals surface area contributed by atoms with E-state index in [9.17, 15) is 0 Å². The van der Waals surface area contributed by atoms with Gasteiger partial charge in [0.15, 0.2) is 11.5 Å². The molecular formula is C21H28ClNO3. The molecule has 0 aliphatic rings. The van der Waals surface area contributed by atoms with Gasteiger partial charge in [0.2, 0.25) is 0 Å². The molecule has 0 heterocycles. The second kappa shape index (κ2) is 8.65. The molecule has 0 amide bonds. The van der Waals surface area contributed by atoms with Gasteiger partial charge in [-0.1, -0.05) is 50.6 Å². The van der Waals surface area contributed by atoms with E-state index in [-0.39, 0.29) is 5.41 Å². The van der Waals surface area contributed by atoms with Gasteiger partial charge in [-0.05, 0) is 41.2 Å². The van der Waals surface area contributed by atoms with Crippen molar-refractivity contribution in [2.75, 3.05) is 20.3 Å². The molecule has 0 unspecified atom stereocenters. The average molecular weight is 378 g/mol. The third-order valence-corrected chi connectivity index (χ3v) is 4.40. The van der Waals surface area contributed by atoms with E-state index in [0.29, 0.717) is 36.3 Å². The third kappa shape index (κ3) is 4.83. The Bertz CT molecular complexity index is 754. The Hall–Kier alpha value is -1.91. The van der Waals surface area contributed by atoms with Crippen molar-refractivity contribution in [3.63, 3.8) is 0 Å². The normalized spacial score (nSPS) is 11.3. The summed E-state index contributed by atoms with van der Waals surface area (Å²) in [6.07, 6.45) is 0. The van der Waals surface area contributed by atoms with Crippen LogP contribution >= 0.6 is 11.6 Å². The van der Waals surface area contributed by atoms with Crippen molar-refractivity contribution in [3.05, 3.63) is 52.0 Å². The predicted molar refractivity (Wildman–Crippen MR) is 107 cm³/mol. The minimum Gasteiger partial charge on any atom is -0.493 e. The van der Waals surface area contributed by atoms with Crippen LogP contribution in [0.5, 0.6) is 17.2 Å². The zero-order chi connectivity index (χ0) is 19.3. The van der Waals surface area contributed by atoms with Crippen LogP contribution in [0.1, 0.15) is 37.5 Å². The Kier molecular flexibility index (Phi) is 6.79. The fourth-order valence-electron chi connectivity index (χ4n) is 2.75. The lowest BCUT2D eigenvalue weighted by atomic mass is 9.85. The summed E-state index contributed by atoms with van der Waals surface area (Å²) in [5, 5.41) is 0.482. The standard InChI is InChI=1S/C21H28ClNO3/c1-14-7-6-8-16(21(2,3)4)19(14)25-9-10-26-20-17(22)11-15(13-23)12-18(20)24-5/h6-8,11-12H,9-10,13,23H2,1-5H3. The van der Waals surface area contributed by atoms with Crippen LogP contribution in [0.3, 0.4) is 0 Å². The molecule has 0 spiro atoms. The lowest BCUT2D eigenvalue weighted by Gasteiger charge is -2.24. The van der Waals surface area contributed by atoms with Crippen LogP contribution in [0, 0.1) is 6.92 Å². The van der Waals surface area contributed by atoms with Crippen molar-refractivity contribution >= 4 is 11.6 Å². The van der Waals surface area contributed by atoms with Crippen LogP contribution < -0.4 is 19.9 Å². The summed E-state index contributed by atoms with van der Waals surface area (Å²) in [5.74, 6) is 2.00. The lowest BCUT2D eigenvalue weighted by Crippen LogP contribution is -2.17. The fourth-order valence-corrected chi connectivity index (χ4v) is 3.04. The molecule has 142 valence electrons. The molecular weight excluding hydrogens is 350 g/mol. The van der Waals surface area contributed by atoms with E-state index in [0.717, 1.165) is 16.9 Å². The SMILES string of the molecule is COc1cc(CN)cc(Cl)c1OCCOc1c(C)cccc1C(C)(C)C. The Morgan fingerprint density at radius 3 is 2.27 bits per heavy atom. The molecule has 4 nitrogen and oxygen atoms in total. The molecule has 0 radical (unpaired) electrons. The van der Waals surface area contributed by atoms with E-state index in [1.165, 1.54) is 5.56 Å². The van der Waals surface area contributed by atoms with Crippen LogP contribution in [0.4, 0.5) is 0 Å². The zero-order valence-electron chi connectivity index (χ0n) is 16.2. The van der Waals surface area contributed by atoms with Crippen molar-refractivity contribution in [2.45, 2.75) is 39.7 Å². The van der Waals surface area contributed by atoms with Gasteiger partial charge in [0.05, 0.1) is 12.1 Å². The van der Waals surface area contributed by atoms with Gasteiger partial charge in [-0.3, -0.25) is 0 Å². The summed E-state index contributed by atoms with van der Waals surface area (Å²) >= 11 is 6.30. The lowest BCUT2D eigenvalue weighted by molar-refractivity contribution is 0.208. The Morgan fingerprint density at radius 1 is 1.04 bits per heavy atom. The first-order valence-corrected chi connectivity index (χ1v) is 9.08. The molecule has 2 aromatic rings. The number of hydrogen-bond donors (Lipinski definition) is 1. The van der Waals surface area contributed by atoms with Gasteiger partial charge in [0.25, 0.3) is 0 Å². The van der Waals surface area contributed by atoms with E-state index < -0.39 is 0 Å². The van der Waals surface area contributed by atoms with Crippen molar-refractivity contribution in [2.24, 2.45) is 5.73 Å². The summed E-state index contributed by atoms with van der Waals surface area (Å²) in [7, 11) is 1.58. The van der Waals surface area contributed by atoms with Crippen LogP contribution in [-0.4, -0.2) is 20.3 Å². The maximum Gasteiger partial charge on any atom is 0.179 e. The van der Waals surface area contributed by atoms with Gasteiger partial charge in [0, 0.05) is 6.54 Å². The quantitative estimate of drug-likeness (QED) is 0.699. The Balaban J connectivity index is 2.07. The monoisotopic (exact) mass is 377 g/mol. The van der Waals surface area contributed by atoms with Gasteiger partial charge < -0.3 is 19.9 Å². The van der Waals surface area contributed by atoms with E-state index in [1.54, 1.807) is 13.2 Å². The van der Waals surface area contributed by atoms with Crippen LogP contribution in [-0.2, 0) is 12.0 Å². The minimum atomic E-state index is 0.00674. The predicted octanol–water partition coefficient (Wildman–Crippen LogP) is 4.87. The average Bonchev–Trinajstić information content (AvgIpc) is 2.59. The number of hydrogen-bond acceptors (Lipinski definition) is 4. The van der Waals surface area contributed by atoms with E-state index in [2.05, 4.69) is 45.9 Å². The second-order valence-electron chi connectivity index (χ2n) is 7.21. The van der Waals surface area contributed by atoms with Crippen molar-refractivity contribution in [3.8, 4) is 17.2 Å². The molecule has 2 N–H and O–H groups in total. The molecule has 26 heavy (non-hydrogen) atoms. The maximum atomic E-state index is 6.30. The number of nitrogens with two attached hydrogens (primary N) is 1. The number of aryl methyl sites for hydroxylation is 1. The van der Waals surface area contributed by atoms with E-state index >= 15 is 0 Å². The van der Waals surface area contributed by atoms with Gasteiger partial charge in [-0.25, -0.2) is 0 Å². The summed E-state index contributed by atoms with van der Waals surface area (Å²) in [6, 6.07) is 9.84. The van der Waals surface area contributed by atoms with Crippen molar-refractivity contribution in [1.82, 2.24) is 0 Å². The zero-order valence-corrected chi connectivity index (χ0v) is 16.9. The summed E-state index contributed by atoms with van der Waals surface area (Å²) in [5.41, 5.74) is 8.86. The topological polar surface area (TPSA) is 53.7 Å². The number of halogens is 1. The number of rotatable bonds is 7. The summed E-state index contributed by atoms with van der Waals surface area (Å²) in [4.78, 5) is 0. The van der Waals surface area contributed by atoms with Crippen LogP contribution in [0.2, 0.25) is 5.02 Å². The largest absolute Gasteiger partial charge is 0.493 e. The second-order valence-corrected chi connectivity index (χ2v) is 7.62. The first kappa shape index (κ1) is 20.4. The number of methoxy groups -OCH3 is 1. The van der Waals surface area contributed by atoms with Crippen molar-refractivity contribution in [1.29, 1.82) is 0 Å². The first-order valence-electron chi connectivity index (χ1n) is 8.70. The fraction of sp³-hybridized carbons (Fsp3) is 0.429. The molecule has 0 aliphatic carbocycles. The van der Waals surface area contributed by atoms with Gasteiger partial charge in [-0.15, -0.1) is 0 Å².